The van der Waals surface area contributed by atoms with E-state index in [2.05, 4.69) is 20.7 Å². The molecule has 0 aliphatic rings. The monoisotopic (exact) mass is 493 g/mol. The number of carbonyl (C=O) groups excluding carboxylic acids is 2. The first-order valence-electron chi connectivity index (χ1n) is 11.2. The Hall–Kier alpha value is -3.24. The molecule has 8 nitrogen and oxygen atoms in total. The second-order valence-corrected chi connectivity index (χ2v) is 9.10. The van der Waals surface area contributed by atoms with Gasteiger partial charge >= 0.3 is 12.2 Å². The summed E-state index contributed by atoms with van der Waals surface area (Å²) in [7, 11) is 1.29. The van der Waals surface area contributed by atoms with Gasteiger partial charge in [-0.05, 0) is 56.0 Å². The minimum atomic E-state index is -1.09. The van der Waals surface area contributed by atoms with E-state index in [1.54, 1.807) is 20.8 Å². The number of carbonyl (C=O) groups is 2. The van der Waals surface area contributed by atoms with Gasteiger partial charge in [0.15, 0.2) is 0 Å². The number of alkyl carbamates (subject to hydrolysis) is 2. The fourth-order valence-electron chi connectivity index (χ4n) is 3.33. The highest BCUT2D eigenvalue weighted by molar-refractivity contribution is 5.68. The lowest BCUT2D eigenvalue weighted by atomic mass is 10.0. The second kappa shape index (κ2) is 13.0. The Morgan fingerprint density at radius 2 is 1.60 bits per heavy atom. The van der Waals surface area contributed by atoms with E-state index >= 15 is 0 Å². The second-order valence-electron chi connectivity index (χ2n) is 9.10. The van der Waals surface area contributed by atoms with E-state index in [1.807, 2.05) is 24.3 Å². The van der Waals surface area contributed by atoms with Gasteiger partial charge in [0.2, 0.25) is 0 Å². The quantitative estimate of drug-likeness (QED) is 0.404. The smallest absolute Gasteiger partial charge is 0.407 e. The summed E-state index contributed by atoms with van der Waals surface area (Å²) in [5, 5.41) is 19.1. The average Bonchev–Trinajstić information content (AvgIpc) is 2.75. The summed E-state index contributed by atoms with van der Waals surface area (Å²) >= 11 is 0. The molecule has 0 radical (unpaired) electrons. The van der Waals surface area contributed by atoms with Crippen molar-refractivity contribution >= 4 is 12.2 Å². The summed E-state index contributed by atoms with van der Waals surface area (Å²) in [6.07, 6.45) is -2.37. The van der Waals surface area contributed by atoms with Gasteiger partial charge in [0.1, 0.15) is 17.2 Å². The molecule has 0 unspecified atom stereocenters. The first-order valence-corrected chi connectivity index (χ1v) is 11.2. The minimum absolute atomic E-state index is 0.00848. The van der Waals surface area contributed by atoms with Gasteiger partial charge in [0.05, 0.1) is 19.3 Å². The van der Waals surface area contributed by atoms with Gasteiger partial charge in [0.25, 0.3) is 0 Å². The van der Waals surface area contributed by atoms with Crippen LogP contribution in [0.2, 0.25) is 0 Å². The van der Waals surface area contributed by atoms with Gasteiger partial charge in [-0.2, -0.15) is 0 Å². The fourth-order valence-corrected chi connectivity index (χ4v) is 3.33. The summed E-state index contributed by atoms with van der Waals surface area (Å²) < 4.78 is 37.1. The van der Waals surface area contributed by atoms with E-state index in [0.29, 0.717) is 13.1 Å². The summed E-state index contributed by atoms with van der Waals surface area (Å²) in [4.78, 5) is 23.6. The Morgan fingerprint density at radius 3 is 2.20 bits per heavy atom. The molecule has 2 aromatic carbocycles. The molecule has 0 saturated carbocycles. The largest absolute Gasteiger partial charge is 0.453 e. The van der Waals surface area contributed by atoms with Crippen LogP contribution in [0.1, 0.15) is 37.5 Å². The highest BCUT2D eigenvalue weighted by atomic mass is 19.1. The Labute approximate surface area is 204 Å². The first-order chi connectivity index (χ1) is 16.4. The van der Waals surface area contributed by atoms with Crippen LogP contribution in [0.15, 0.2) is 42.5 Å². The normalized spacial score (nSPS) is 13.0. The van der Waals surface area contributed by atoms with Gasteiger partial charge in [-0.15, -0.1) is 0 Å². The molecule has 0 bridgehead atoms. The number of aliphatic hydroxyl groups excluding tert-OH is 1. The molecule has 2 rings (SSSR count). The van der Waals surface area contributed by atoms with Crippen molar-refractivity contribution < 1.29 is 33.0 Å². The van der Waals surface area contributed by atoms with Crippen LogP contribution in [0.3, 0.4) is 0 Å². The molecule has 0 aromatic heterocycles. The van der Waals surface area contributed by atoms with Gasteiger partial charge in [-0.1, -0.05) is 24.3 Å². The zero-order valence-corrected chi connectivity index (χ0v) is 20.4. The number of hydrogen-bond acceptors (Lipinski definition) is 6. The van der Waals surface area contributed by atoms with Crippen LogP contribution in [0.5, 0.6) is 0 Å². The summed E-state index contributed by atoms with van der Waals surface area (Å²) in [6.45, 7) is 5.90. The van der Waals surface area contributed by atoms with Crippen LogP contribution in [0.25, 0.3) is 0 Å². The van der Waals surface area contributed by atoms with Gasteiger partial charge in [0, 0.05) is 25.7 Å². The van der Waals surface area contributed by atoms with Crippen LogP contribution in [0, 0.1) is 11.6 Å². The number of benzene rings is 2. The number of halogens is 2. The standard InChI is InChI=1S/C25H33F2N3O5/c1-25(2,3)35-24(33)30-21(11-18-9-19(26)12-20(27)10-18)22(31)15-28-13-16-6-5-7-17(8-16)14-29-23(32)34-4/h5-10,12,21-22,28,31H,11,13-15H2,1-4H3,(H,29,32)(H,30,33)/t21-,22+/m0/s1. The van der Waals surface area contributed by atoms with Crippen LogP contribution in [0.4, 0.5) is 18.4 Å². The van der Waals surface area contributed by atoms with Crippen molar-refractivity contribution in [1.82, 2.24) is 16.0 Å². The molecule has 0 aliphatic carbocycles. The Kier molecular flexibility index (Phi) is 10.4. The molecule has 2 atom stereocenters. The number of amides is 2. The molecule has 10 heteroatoms. The van der Waals surface area contributed by atoms with Crippen LogP contribution >= 0.6 is 0 Å². The lowest BCUT2D eigenvalue weighted by Gasteiger charge is -2.27. The third kappa shape index (κ3) is 10.7. The number of aliphatic hydroxyl groups is 1. The van der Waals surface area contributed by atoms with E-state index in [-0.39, 0.29) is 18.5 Å². The lowest BCUT2D eigenvalue weighted by Crippen LogP contribution is -2.49. The number of ether oxygens (including phenoxy) is 2. The molecular formula is C25H33F2N3O5. The van der Waals surface area contributed by atoms with Crippen molar-refractivity contribution in [1.29, 1.82) is 0 Å². The number of rotatable bonds is 10. The zero-order chi connectivity index (χ0) is 26.0. The highest BCUT2D eigenvalue weighted by Gasteiger charge is 2.25. The molecular weight excluding hydrogens is 460 g/mol. The Bertz CT molecular complexity index is 977. The summed E-state index contributed by atoms with van der Waals surface area (Å²) in [5.74, 6) is -1.49. The Morgan fingerprint density at radius 1 is 0.971 bits per heavy atom. The average molecular weight is 494 g/mol. The molecule has 2 aromatic rings. The van der Waals surface area contributed by atoms with E-state index < -0.39 is 41.6 Å². The fraction of sp³-hybridized carbons (Fsp3) is 0.440. The maximum atomic E-state index is 13.6. The third-order valence-electron chi connectivity index (χ3n) is 4.84. The Balaban J connectivity index is 2.01. The first kappa shape index (κ1) is 28.0. The highest BCUT2D eigenvalue weighted by Crippen LogP contribution is 2.14. The van der Waals surface area contributed by atoms with Crippen molar-refractivity contribution in [2.24, 2.45) is 0 Å². The number of methoxy groups -OCH3 is 1. The van der Waals surface area contributed by atoms with Crippen molar-refractivity contribution in [3.63, 3.8) is 0 Å². The van der Waals surface area contributed by atoms with E-state index in [1.165, 1.54) is 7.11 Å². The van der Waals surface area contributed by atoms with Gasteiger partial charge < -0.3 is 30.5 Å². The summed E-state index contributed by atoms with van der Waals surface area (Å²) in [6, 6.07) is 9.66. The third-order valence-corrected chi connectivity index (χ3v) is 4.84. The number of hydrogen-bond donors (Lipinski definition) is 4. The van der Waals surface area contributed by atoms with Crippen LogP contribution < -0.4 is 16.0 Å². The summed E-state index contributed by atoms with van der Waals surface area (Å²) in [5.41, 5.74) is 1.31. The molecule has 0 fully saturated rings. The molecule has 2 amide bonds. The van der Waals surface area contributed by atoms with Gasteiger partial charge in [-0.3, -0.25) is 0 Å². The molecule has 0 heterocycles. The minimum Gasteiger partial charge on any atom is -0.453 e. The predicted molar refractivity (Wildman–Crippen MR) is 127 cm³/mol. The van der Waals surface area contributed by atoms with Crippen molar-refractivity contribution in [3.05, 3.63) is 70.8 Å². The van der Waals surface area contributed by atoms with Crippen molar-refractivity contribution in [2.75, 3.05) is 13.7 Å². The number of nitrogens with one attached hydrogen (secondary N) is 3. The maximum absolute atomic E-state index is 13.6. The van der Waals surface area contributed by atoms with Crippen molar-refractivity contribution in [3.8, 4) is 0 Å². The van der Waals surface area contributed by atoms with E-state index in [9.17, 15) is 23.5 Å². The predicted octanol–water partition coefficient (Wildman–Crippen LogP) is 3.41. The molecule has 4 N–H and O–H groups in total. The molecule has 35 heavy (non-hydrogen) atoms. The molecule has 0 saturated heterocycles. The molecule has 0 aliphatic heterocycles. The SMILES string of the molecule is COC(=O)NCc1cccc(CNC[C@@H](O)[C@H](Cc2cc(F)cc(F)c2)NC(=O)OC(C)(C)C)c1. The van der Waals surface area contributed by atoms with E-state index in [4.69, 9.17) is 4.74 Å². The maximum Gasteiger partial charge on any atom is 0.407 e. The van der Waals surface area contributed by atoms with Crippen molar-refractivity contribution in [2.45, 2.75) is 58.0 Å². The lowest BCUT2D eigenvalue weighted by molar-refractivity contribution is 0.0422. The van der Waals surface area contributed by atoms with Crippen LogP contribution in [-0.4, -0.2) is 48.7 Å². The molecule has 192 valence electrons. The molecule has 0 spiro atoms. The van der Waals surface area contributed by atoms with Gasteiger partial charge in [-0.25, -0.2) is 18.4 Å². The zero-order valence-electron chi connectivity index (χ0n) is 20.4. The van der Waals surface area contributed by atoms with E-state index in [0.717, 1.165) is 29.3 Å². The van der Waals surface area contributed by atoms with Crippen LogP contribution in [-0.2, 0) is 29.0 Å². The topological polar surface area (TPSA) is 109 Å².